The van der Waals surface area contributed by atoms with Crippen LogP contribution in [0, 0.1) is 0 Å². The SMILES string of the molecule is O=C1c2ccc3c(c2Cc2cccc(O)c21)CCCC3. The molecular weight excluding hydrogens is 248 g/mol. The van der Waals surface area contributed by atoms with Gasteiger partial charge >= 0.3 is 0 Å². The molecule has 4 rings (SSSR count). The van der Waals surface area contributed by atoms with Crippen LogP contribution in [0.25, 0.3) is 0 Å². The maximum Gasteiger partial charge on any atom is 0.197 e. The van der Waals surface area contributed by atoms with Gasteiger partial charge in [-0.3, -0.25) is 4.79 Å². The Kier molecular flexibility index (Phi) is 2.46. The average Bonchev–Trinajstić information content (AvgIpc) is 2.47. The van der Waals surface area contributed by atoms with E-state index in [9.17, 15) is 9.90 Å². The maximum atomic E-state index is 12.7. The minimum Gasteiger partial charge on any atom is -0.507 e. The van der Waals surface area contributed by atoms with Gasteiger partial charge in [0, 0.05) is 5.56 Å². The number of phenolic OH excluding ortho intramolecular Hbond substituents is 1. The number of benzene rings is 2. The van der Waals surface area contributed by atoms with Crippen molar-refractivity contribution in [1.29, 1.82) is 0 Å². The number of aromatic hydroxyl groups is 1. The van der Waals surface area contributed by atoms with Gasteiger partial charge in [0.2, 0.25) is 0 Å². The zero-order chi connectivity index (χ0) is 13.7. The van der Waals surface area contributed by atoms with E-state index in [1.165, 1.54) is 29.5 Å². The Morgan fingerprint density at radius 1 is 0.900 bits per heavy atom. The molecule has 2 aliphatic carbocycles. The van der Waals surface area contributed by atoms with Crippen molar-refractivity contribution >= 4 is 5.78 Å². The minimum absolute atomic E-state index is 0.0206. The molecule has 0 bridgehead atoms. The number of aryl methyl sites for hydroxylation is 1. The Hall–Kier alpha value is -2.09. The molecule has 0 saturated carbocycles. The standard InChI is InChI=1S/C18H16O2/c19-16-7-3-5-12-10-15-13-6-2-1-4-11(13)8-9-14(15)18(20)17(12)16/h3,5,7-9,19H,1-2,4,6,10H2. The number of rotatable bonds is 0. The van der Waals surface area contributed by atoms with E-state index in [1.807, 2.05) is 18.2 Å². The first-order chi connectivity index (χ1) is 9.75. The summed E-state index contributed by atoms with van der Waals surface area (Å²) in [6, 6.07) is 9.44. The van der Waals surface area contributed by atoms with Crippen molar-refractivity contribution in [3.63, 3.8) is 0 Å². The number of carbonyl (C=O) groups excluding carboxylic acids is 1. The number of phenols is 1. The third kappa shape index (κ3) is 1.54. The van der Waals surface area contributed by atoms with Crippen LogP contribution in [0.1, 0.15) is 51.0 Å². The van der Waals surface area contributed by atoms with E-state index in [0.29, 0.717) is 5.56 Å². The van der Waals surface area contributed by atoms with Crippen molar-refractivity contribution in [1.82, 2.24) is 0 Å². The molecule has 2 aromatic rings. The third-order valence-corrected chi connectivity index (χ3v) is 4.62. The molecule has 0 saturated heterocycles. The molecule has 20 heavy (non-hydrogen) atoms. The van der Waals surface area contributed by atoms with Crippen LogP contribution < -0.4 is 0 Å². The number of fused-ring (bicyclic) bond motifs is 4. The lowest BCUT2D eigenvalue weighted by Gasteiger charge is -2.26. The predicted octanol–water partition coefficient (Wildman–Crippen LogP) is 3.41. The van der Waals surface area contributed by atoms with Crippen LogP contribution in [0.5, 0.6) is 5.75 Å². The first kappa shape index (κ1) is 11.7. The van der Waals surface area contributed by atoms with Crippen LogP contribution in [0.15, 0.2) is 30.3 Å². The quantitative estimate of drug-likeness (QED) is 0.675. The zero-order valence-electron chi connectivity index (χ0n) is 11.3. The van der Waals surface area contributed by atoms with E-state index in [0.717, 1.165) is 30.4 Å². The Morgan fingerprint density at radius 3 is 2.65 bits per heavy atom. The second kappa shape index (κ2) is 4.20. The lowest BCUT2D eigenvalue weighted by atomic mass is 9.78. The second-order valence-corrected chi connectivity index (χ2v) is 5.75. The van der Waals surface area contributed by atoms with Crippen molar-refractivity contribution < 1.29 is 9.90 Å². The van der Waals surface area contributed by atoms with Crippen molar-refractivity contribution in [2.75, 3.05) is 0 Å². The highest BCUT2D eigenvalue weighted by Gasteiger charge is 2.28. The van der Waals surface area contributed by atoms with E-state index in [1.54, 1.807) is 6.07 Å². The van der Waals surface area contributed by atoms with Gasteiger partial charge < -0.3 is 5.11 Å². The van der Waals surface area contributed by atoms with Gasteiger partial charge in [-0.05, 0) is 60.4 Å². The van der Waals surface area contributed by atoms with Crippen LogP contribution in [0.4, 0.5) is 0 Å². The summed E-state index contributed by atoms with van der Waals surface area (Å²) in [4.78, 5) is 12.7. The average molecular weight is 264 g/mol. The van der Waals surface area contributed by atoms with Crippen molar-refractivity contribution in [2.45, 2.75) is 32.1 Å². The first-order valence-corrected chi connectivity index (χ1v) is 7.25. The molecule has 2 heteroatoms. The molecule has 0 heterocycles. The molecule has 0 unspecified atom stereocenters. The molecular formula is C18H16O2. The summed E-state index contributed by atoms with van der Waals surface area (Å²) < 4.78 is 0. The largest absolute Gasteiger partial charge is 0.507 e. The second-order valence-electron chi connectivity index (χ2n) is 5.75. The summed E-state index contributed by atoms with van der Waals surface area (Å²) in [5.74, 6) is 0.0867. The summed E-state index contributed by atoms with van der Waals surface area (Å²) in [7, 11) is 0. The fraction of sp³-hybridized carbons (Fsp3) is 0.278. The molecule has 100 valence electrons. The lowest BCUT2D eigenvalue weighted by Crippen LogP contribution is -2.19. The third-order valence-electron chi connectivity index (χ3n) is 4.62. The number of hydrogen-bond donors (Lipinski definition) is 1. The van der Waals surface area contributed by atoms with E-state index in [4.69, 9.17) is 0 Å². The Bertz CT molecular complexity index is 728. The molecule has 0 aromatic heterocycles. The number of hydrogen-bond acceptors (Lipinski definition) is 2. The van der Waals surface area contributed by atoms with Crippen LogP contribution in [-0.2, 0) is 19.3 Å². The first-order valence-electron chi connectivity index (χ1n) is 7.25. The molecule has 0 atom stereocenters. The Morgan fingerprint density at radius 2 is 1.75 bits per heavy atom. The summed E-state index contributed by atoms with van der Waals surface area (Å²) in [5.41, 5.74) is 6.24. The summed E-state index contributed by atoms with van der Waals surface area (Å²) >= 11 is 0. The molecule has 0 amide bonds. The summed E-state index contributed by atoms with van der Waals surface area (Å²) in [6.07, 6.45) is 5.44. The zero-order valence-corrected chi connectivity index (χ0v) is 11.3. The van der Waals surface area contributed by atoms with Gasteiger partial charge in [-0.2, -0.15) is 0 Å². The molecule has 0 spiro atoms. The summed E-state index contributed by atoms with van der Waals surface area (Å²) in [5, 5.41) is 9.97. The molecule has 0 fully saturated rings. The van der Waals surface area contributed by atoms with Gasteiger partial charge in [-0.15, -0.1) is 0 Å². The van der Waals surface area contributed by atoms with Gasteiger partial charge in [-0.1, -0.05) is 24.3 Å². The van der Waals surface area contributed by atoms with Crippen LogP contribution >= 0.6 is 0 Å². The summed E-state index contributed by atoms with van der Waals surface area (Å²) in [6.45, 7) is 0. The molecule has 2 aliphatic rings. The van der Waals surface area contributed by atoms with Gasteiger partial charge in [0.25, 0.3) is 0 Å². The van der Waals surface area contributed by atoms with E-state index >= 15 is 0 Å². The van der Waals surface area contributed by atoms with Gasteiger partial charge in [0.15, 0.2) is 5.78 Å². The Labute approximate surface area is 118 Å². The number of ketones is 1. The highest BCUT2D eigenvalue weighted by molar-refractivity contribution is 6.14. The normalized spacial score (nSPS) is 16.3. The topological polar surface area (TPSA) is 37.3 Å². The maximum absolute atomic E-state index is 12.7. The molecule has 0 radical (unpaired) electrons. The monoisotopic (exact) mass is 264 g/mol. The van der Waals surface area contributed by atoms with E-state index in [-0.39, 0.29) is 11.5 Å². The van der Waals surface area contributed by atoms with Crippen molar-refractivity contribution in [2.24, 2.45) is 0 Å². The molecule has 2 nitrogen and oxygen atoms in total. The molecule has 1 N–H and O–H groups in total. The van der Waals surface area contributed by atoms with E-state index < -0.39 is 0 Å². The van der Waals surface area contributed by atoms with Crippen LogP contribution in [0.2, 0.25) is 0 Å². The predicted molar refractivity (Wildman–Crippen MR) is 77.4 cm³/mol. The molecule has 2 aromatic carbocycles. The smallest absolute Gasteiger partial charge is 0.197 e. The van der Waals surface area contributed by atoms with Crippen molar-refractivity contribution in [3.05, 3.63) is 63.7 Å². The fourth-order valence-corrected chi connectivity index (χ4v) is 3.64. The molecule has 0 aliphatic heterocycles. The minimum atomic E-state index is -0.0206. The van der Waals surface area contributed by atoms with Gasteiger partial charge in [-0.25, -0.2) is 0 Å². The fourth-order valence-electron chi connectivity index (χ4n) is 3.64. The lowest BCUT2D eigenvalue weighted by molar-refractivity contribution is 0.103. The van der Waals surface area contributed by atoms with Crippen LogP contribution in [-0.4, -0.2) is 10.9 Å². The Balaban J connectivity index is 1.94. The van der Waals surface area contributed by atoms with E-state index in [2.05, 4.69) is 6.07 Å². The van der Waals surface area contributed by atoms with Crippen LogP contribution in [0.3, 0.4) is 0 Å². The van der Waals surface area contributed by atoms with Gasteiger partial charge in [0.1, 0.15) is 5.75 Å². The highest BCUT2D eigenvalue weighted by Crippen LogP contribution is 2.36. The van der Waals surface area contributed by atoms with Gasteiger partial charge in [0.05, 0.1) is 5.56 Å². The highest BCUT2D eigenvalue weighted by atomic mass is 16.3. The van der Waals surface area contributed by atoms with Crippen molar-refractivity contribution in [3.8, 4) is 5.75 Å². The number of carbonyl (C=O) groups is 1.